The van der Waals surface area contributed by atoms with Gasteiger partial charge in [0.2, 0.25) is 5.91 Å². The number of carbonyl (C=O) groups excluding carboxylic acids is 1. The zero-order chi connectivity index (χ0) is 15.7. The smallest absolute Gasteiger partial charge is 0.304 e. The van der Waals surface area contributed by atoms with Crippen molar-refractivity contribution >= 4 is 11.9 Å². The molecule has 1 unspecified atom stereocenters. The van der Waals surface area contributed by atoms with Crippen molar-refractivity contribution in [2.75, 3.05) is 19.6 Å². The van der Waals surface area contributed by atoms with E-state index < -0.39 is 5.97 Å². The molecule has 0 saturated heterocycles. The minimum Gasteiger partial charge on any atom is -0.481 e. The summed E-state index contributed by atoms with van der Waals surface area (Å²) >= 11 is 0. The van der Waals surface area contributed by atoms with Gasteiger partial charge in [0.25, 0.3) is 0 Å². The van der Waals surface area contributed by atoms with Crippen LogP contribution in [0.1, 0.15) is 38.3 Å². The van der Waals surface area contributed by atoms with Gasteiger partial charge in [-0.2, -0.15) is 0 Å². The Morgan fingerprint density at radius 3 is 2.48 bits per heavy atom. The molecule has 0 aliphatic carbocycles. The summed E-state index contributed by atoms with van der Waals surface area (Å²) in [5.41, 5.74) is 1.05. The van der Waals surface area contributed by atoms with Crippen LogP contribution in [-0.2, 0) is 9.59 Å². The average Bonchev–Trinajstić information content (AvgIpc) is 2.45. The van der Waals surface area contributed by atoms with E-state index in [1.165, 1.54) is 0 Å². The van der Waals surface area contributed by atoms with Gasteiger partial charge < -0.3 is 10.4 Å². The number of carbonyl (C=O) groups is 2. The lowest BCUT2D eigenvalue weighted by atomic mass is 10.1. The maximum Gasteiger partial charge on any atom is 0.304 e. The minimum absolute atomic E-state index is 0.0540. The fourth-order valence-corrected chi connectivity index (χ4v) is 2.16. The molecule has 5 nitrogen and oxygen atoms in total. The van der Waals surface area contributed by atoms with Crippen LogP contribution in [-0.4, -0.2) is 41.5 Å². The highest BCUT2D eigenvalue weighted by Crippen LogP contribution is 2.10. The third-order valence-electron chi connectivity index (χ3n) is 3.23. The van der Waals surface area contributed by atoms with E-state index in [2.05, 4.69) is 5.32 Å². The molecule has 1 aromatic carbocycles. The lowest BCUT2D eigenvalue weighted by molar-refractivity contribution is -0.137. The van der Waals surface area contributed by atoms with Crippen molar-refractivity contribution in [3.8, 4) is 0 Å². The Morgan fingerprint density at radius 1 is 1.24 bits per heavy atom. The Labute approximate surface area is 126 Å². The Bertz CT molecular complexity index is 448. The molecule has 1 aromatic rings. The number of carboxylic acid groups (broad SMARTS) is 1. The van der Waals surface area contributed by atoms with Crippen LogP contribution in [0.3, 0.4) is 0 Å². The third-order valence-corrected chi connectivity index (χ3v) is 3.23. The third kappa shape index (κ3) is 6.90. The number of nitrogens with zero attached hydrogens (tertiary/aromatic N) is 1. The van der Waals surface area contributed by atoms with Crippen molar-refractivity contribution in [2.45, 2.75) is 32.7 Å². The minimum atomic E-state index is -0.839. The van der Waals surface area contributed by atoms with Crippen molar-refractivity contribution in [1.29, 1.82) is 0 Å². The first-order valence-corrected chi connectivity index (χ1v) is 7.31. The summed E-state index contributed by atoms with van der Waals surface area (Å²) < 4.78 is 0. The molecule has 5 heteroatoms. The summed E-state index contributed by atoms with van der Waals surface area (Å²) in [6.07, 6.45) is 0.947. The molecule has 1 atom stereocenters. The van der Waals surface area contributed by atoms with E-state index in [1.807, 2.05) is 49.1 Å². The highest BCUT2D eigenvalue weighted by atomic mass is 16.4. The Kier molecular flexibility index (Phi) is 7.46. The first kappa shape index (κ1) is 17.2. The molecule has 1 amide bonds. The lowest BCUT2D eigenvalue weighted by Crippen LogP contribution is -2.39. The molecule has 0 aliphatic rings. The maximum atomic E-state index is 12.1. The van der Waals surface area contributed by atoms with Gasteiger partial charge in [-0.05, 0) is 25.5 Å². The number of hydrogen-bond acceptors (Lipinski definition) is 3. The van der Waals surface area contributed by atoms with Crippen molar-refractivity contribution in [2.24, 2.45) is 0 Å². The number of carboxylic acids is 1. The van der Waals surface area contributed by atoms with Crippen molar-refractivity contribution < 1.29 is 14.7 Å². The lowest BCUT2D eigenvalue weighted by Gasteiger charge is -2.22. The number of nitrogens with one attached hydrogen (secondary N) is 1. The zero-order valence-electron chi connectivity index (χ0n) is 12.7. The Morgan fingerprint density at radius 2 is 1.90 bits per heavy atom. The van der Waals surface area contributed by atoms with Crippen molar-refractivity contribution in [3.05, 3.63) is 35.9 Å². The largest absolute Gasteiger partial charge is 0.481 e. The predicted octanol–water partition coefficient (Wildman–Crippen LogP) is 2.05. The first-order chi connectivity index (χ1) is 10.0. The number of rotatable bonds is 9. The van der Waals surface area contributed by atoms with Crippen LogP contribution in [0.4, 0.5) is 0 Å². The Hall–Kier alpha value is -1.88. The van der Waals surface area contributed by atoms with Gasteiger partial charge in [-0.25, -0.2) is 0 Å². The van der Waals surface area contributed by atoms with E-state index in [-0.39, 0.29) is 24.9 Å². The topological polar surface area (TPSA) is 69.6 Å². The monoisotopic (exact) mass is 292 g/mol. The second-order valence-electron chi connectivity index (χ2n) is 5.12. The molecule has 0 bridgehead atoms. The number of amides is 1. The molecule has 0 aliphatic heterocycles. The van der Waals surface area contributed by atoms with Crippen LogP contribution in [0.5, 0.6) is 0 Å². The second-order valence-corrected chi connectivity index (χ2v) is 5.12. The van der Waals surface area contributed by atoms with Crippen LogP contribution in [0.2, 0.25) is 0 Å². The van der Waals surface area contributed by atoms with Gasteiger partial charge in [-0.1, -0.05) is 37.3 Å². The van der Waals surface area contributed by atoms with Crippen LogP contribution in [0.25, 0.3) is 0 Å². The summed E-state index contributed by atoms with van der Waals surface area (Å²) in [5.74, 6) is -0.917. The molecule has 21 heavy (non-hydrogen) atoms. The van der Waals surface area contributed by atoms with Crippen LogP contribution >= 0.6 is 0 Å². The van der Waals surface area contributed by atoms with Gasteiger partial charge in [0, 0.05) is 6.54 Å². The summed E-state index contributed by atoms with van der Waals surface area (Å²) in [7, 11) is 0. The zero-order valence-corrected chi connectivity index (χ0v) is 12.7. The van der Waals surface area contributed by atoms with Gasteiger partial charge in [0.05, 0.1) is 19.0 Å². The summed E-state index contributed by atoms with van der Waals surface area (Å²) in [6.45, 7) is 5.31. The quantitative estimate of drug-likeness (QED) is 0.731. The molecule has 0 fully saturated rings. The molecule has 0 radical (unpaired) electrons. The van der Waals surface area contributed by atoms with Crippen LogP contribution < -0.4 is 5.32 Å². The highest BCUT2D eigenvalue weighted by Gasteiger charge is 2.14. The highest BCUT2D eigenvalue weighted by molar-refractivity contribution is 5.78. The SMILES string of the molecule is CCCN(CCC(=O)O)CC(=O)NC(C)c1ccccc1. The molecular formula is C16H24N2O3. The van der Waals surface area contributed by atoms with E-state index >= 15 is 0 Å². The fraction of sp³-hybridized carbons (Fsp3) is 0.500. The molecule has 0 saturated carbocycles. The summed E-state index contributed by atoms with van der Waals surface area (Å²) in [4.78, 5) is 24.6. The number of hydrogen-bond donors (Lipinski definition) is 2. The second kappa shape index (κ2) is 9.13. The van der Waals surface area contributed by atoms with E-state index in [9.17, 15) is 9.59 Å². The Balaban J connectivity index is 2.47. The van der Waals surface area contributed by atoms with E-state index in [4.69, 9.17) is 5.11 Å². The maximum absolute atomic E-state index is 12.1. The normalized spacial score (nSPS) is 12.1. The molecule has 0 spiro atoms. The van der Waals surface area contributed by atoms with E-state index in [0.29, 0.717) is 6.54 Å². The standard InChI is InChI=1S/C16H24N2O3/c1-3-10-18(11-9-16(20)21)12-15(19)17-13(2)14-7-5-4-6-8-14/h4-8,13H,3,9-12H2,1-2H3,(H,17,19)(H,20,21). The average molecular weight is 292 g/mol. The summed E-state index contributed by atoms with van der Waals surface area (Å²) in [6, 6.07) is 9.70. The van der Waals surface area contributed by atoms with Gasteiger partial charge in [0.1, 0.15) is 0 Å². The molecule has 0 aromatic heterocycles. The van der Waals surface area contributed by atoms with Gasteiger partial charge in [-0.15, -0.1) is 0 Å². The molecule has 1 rings (SSSR count). The summed E-state index contributed by atoms with van der Waals surface area (Å²) in [5, 5.41) is 11.7. The van der Waals surface area contributed by atoms with Gasteiger partial charge in [-0.3, -0.25) is 14.5 Å². The molecular weight excluding hydrogens is 268 g/mol. The van der Waals surface area contributed by atoms with Crippen LogP contribution in [0, 0.1) is 0 Å². The number of benzene rings is 1. The van der Waals surface area contributed by atoms with Crippen molar-refractivity contribution in [3.63, 3.8) is 0 Å². The van der Waals surface area contributed by atoms with Gasteiger partial charge >= 0.3 is 5.97 Å². The first-order valence-electron chi connectivity index (χ1n) is 7.31. The van der Waals surface area contributed by atoms with Crippen LogP contribution in [0.15, 0.2) is 30.3 Å². The molecule has 2 N–H and O–H groups in total. The van der Waals surface area contributed by atoms with Gasteiger partial charge in [0.15, 0.2) is 0 Å². The van der Waals surface area contributed by atoms with E-state index in [1.54, 1.807) is 0 Å². The fourth-order valence-electron chi connectivity index (χ4n) is 2.16. The predicted molar refractivity (Wildman–Crippen MR) is 82.0 cm³/mol. The molecule has 0 heterocycles. The number of aliphatic carboxylic acids is 1. The van der Waals surface area contributed by atoms with Crippen molar-refractivity contribution in [1.82, 2.24) is 10.2 Å². The van der Waals surface area contributed by atoms with E-state index in [0.717, 1.165) is 18.5 Å². The molecule has 116 valence electrons.